The Hall–Kier alpha value is -2.47. The molecule has 0 saturated carbocycles. The summed E-state index contributed by atoms with van der Waals surface area (Å²) in [5.74, 6) is -1.89. The lowest BCUT2D eigenvalue weighted by Crippen LogP contribution is -2.35. The molecule has 116 valence electrons. The number of ether oxygens (including phenoxy) is 1. The van der Waals surface area contributed by atoms with Gasteiger partial charge in [-0.15, -0.1) is 0 Å². The van der Waals surface area contributed by atoms with Gasteiger partial charge in [-0.2, -0.15) is 0 Å². The van der Waals surface area contributed by atoms with Crippen molar-refractivity contribution in [1.82, 2.24) is 0 Å². The van der Waals surface area contributed by atoms with Crippen LogP contribution in [0.25, 0.3) is 0 Å². The van der Waals surface area contributed by atoms with Gasteiger partial charge in [-0.3, -0.25) is 19.3 Å². The third-order valence-corrected chi connectivity index (χ3v) is 3.96. The lowest BCUT2D eigenvalue weighted by molar-refractivity contribution is -0.143. The third-order valence-electron chi connectivity index (χ3n) is 3.46. The number of nitrogens with zero attached hydrogens (tertiary/aromatic N) is 1. The van der Waals surface area contributed by atoms with Crippen LogP contribution in [0.3, 0.4) is 0 Å². The van der Waals surface area contributed by atoms with E-state index in [4.69, 9.17) is 4.74 Å². The summed E-state index contributed by atoms with van der Waals surface area (Å²) in [5, 5.41) is 0. The molecule has 0 saturated heterocycles. The number of hydrogen-bond acceptors (Lipinski definition) is 4. The highest BCUT2D eigenvalue weighted by Gasteiger charge is 2.37. The predicted molar refractivity (Wildman–Crippen MR) is 87.1 cm³/mol. The van der Waals surface area contributed by atoms with Crippen LogP contribution in [0, 0.1) is 0 Å². The van der Waals surface area contributed by atoms with Crippen LogP contribution in [0.2, 0.25) is 0 Å². The van der Waals surface area contributed by atoms with Crippen LogP contribution >= 0.6 is 15.9 Å². The van der Waals surface area contributed by atoms with Gasteiger partial charge in [0.1, 0.15) is 13.2 Å². The molecule has 0 aromatic heterocycles. The van der Waals surface area contributed by atoms with Crippen LogP contribution in [0.4, 0.5) is 5.69 Å². The molecule has 0 bridgehead atoms. The lowest BCUT2D eigenvalue weighted by Gasteiger charge is -2.15. The molecule has 23 heavy (non-hydrogen) atoms. The number of rotatable bonds is 4. The van der Waals surface area contributed by atoms with Gasteiger partial charge in [-0.05, 0) is 23.8 Å². The first kappa shape index (κ1) is 15.4. The maximum atomic E-state index is 12.0. The number of Topliss-reactive ketones (excluding diaryl/α,β-unsaturated/α-hetero) is 1. The molecule has 2 aromatic rings. The van der Waals surface area contributed by atoms with Crippen molar-refractivity contribution in [2.75, 3.05) is 11.4 Å². The maximum Gasteiger partial charge on any atom is 0.326 e. The Morgan fingerprint density at radius 2 is 1.83 bits per heavy atom. The number of hydrogen-bond donors (Lipinski definition) is 0. The molecule has 0 N–H and O–H groups in total. The fourth-order valence-corrected chi connectivity index (χ4v) is 2.70. The van der Waals surface area contributed by atoms with E-state index in [0.717, 1.165) is 10.5 Å². The summed E-state index contributed by atoms with van der Waals surface area (Å²) in [7, 11) is 0. The van der Waals surface area contributed by atoms with E-state index in [-0.39, 0.29) is 13.2 Å². The quantitative estimate of drug-likeness (QED) is 0.610. The fraction of sp³-hybridized carbons (Fsp3) is 0.118. The number of esters is 1. The van der Waals surface area contributed by atoms with Gasteiger partial charge in [0.25, 0.3) is 11.7 Å². The van der Waals surface area contributed by atoms with E-state index >= 15 is 0 Å². The third kappa shape index (κ3) is 3.17. The molecule has 0 atom stereocenters. The summed E-state index contributed by atoms with van der Waals surface area (Å²) in [6, 6.07) is 14.2. The summed E-state index contributed by atoms with van der Waals surface area (Å²) in [4.78, 5) is 37.1. The van der Waals surface area contributed by atoms with E-state index in [1.54, 1.807) is 18.2 Å². The van der Waals surface area contributed by atoms with Crippen LogP contribution in [0.1, 0.15) is 15.9 Å². The van der Waals surface area contributed by atoms with Crippen molar-refractivity contribution >= 4 is 39.3 Å². The summed E-state index contributed by atoms with van der Waals surface area (Å²) in [6.45, 7) is -0.158. The van der Waals surface area contributed by atoms with Gasteiger partial charge in [-0.25, -0.2) is 0 Å². The SMILES string of the molecule is O=C(CN1C(=O)C(=O)c2cc(Br)ccc21)OCc1ccccc1. The van der Waals surface area contributed by atoms with Crippen molar-refractivity contribution in [3.05, 3.63) is 64.1 Å². The monoisotopic (exact) mass is 373 g/mol. The van der Waals surface area contributed by atoms with Crippen molar-refractivity contribution in [3.8, 4) is 0 Å². The molecule has 1 aliphatic rings. The molecule has 1 heterocycles. The Kier molecular flexibility index (Phi) is 4.25. The molecule has 6 heteroatoms. The van der Waals surface area contributed by atoms with Crippen molar-refractivity contribution < 1.29 is 19.1 Å². The molecule has 0 unspecified atom stereocenters. The van der Waals surface area contributed by atoms with E-state index in [0.29, 0.717) is 15.7 Å². The first-order valence-corrected chi connectivity index (χ1v) is 7.71. The largest absolute Gasteiger partial charge is 0.459 e. The number of fused-ring (bicyclic) bond motifs is 1. The van der Waals surface area contributed by atoms with Gasteiger partial charge in [0.2, 0.25) is 0 Å². The molecular weight excluding hydrogens is 362 g/mol. The Labute approximate surface area is 141 Å². The minimum absolute atomic E-state index is 0.128. The second-order valence-corrected chi connectivity index (χ2v) is 5.94. The van der Waals surface area contributed by atoms with E-state index in [9.17, 15) is 14.4 Å². The van der Waals surface area contributed by atoms with Crippen molar-refractivity contribution in [1.29, 1.82) is 0 Å². The molecule has 0 spiro atoms. The first-order valence-electron chi connectivity index (χ1n) is 6.91. The molecule has 1 amide bonds. The summed E-state index contributed by atoms with van der Waals surface area (Å²) >= 11 is 3.26. The van der Waals surface area contributed by atoms with Crippen LogP contribution in [-0.4, -0.2) is 24.2 Å². The van der Waals surface area contributed by atoms with Crippen LogP contribution in [0.5, 0.6) is 0 Å². The zero-order valence-electron chi connectivity index (χ0n) is 12.0. The highest BCUT2D eigenvalue weighted by molar-refractivity contribution is 9.10. The lowest BCUT2D eigenvalue weighted by atomic mass is 10.1. The molecule has 3 rings (SSSR count). The number of amides is 1. The Morgan fingerprint density at radius 1 is 1.09 bits per heavy atom. The minimum atomic E-state index is -0.713. The number of benzene rings is 2. The van der Waals surface area contributed by atoms with Crippen molar-refractivity contribution in [3.63, 3.8) is 0 Å². The first-order chi connectivity index (χ1) is 11.1. The zero-order valence-corrected chi connectivity index (χ0v) is 13.6. The highest BCUT2D eigenvalue weighted by Crippen LogP contribution is 2.31. The Morgan fingerprint density at radius 3 is 2.57 bits per heavy atom. The van der Waals surface area contributed by atoms with E-state index in [1.165, 1.54) is 0 Å². The number of carbonyl (C=O) groups is 3. The van der Waals surface area contributed by atoms with Gasteiger partial charge in [0.15, 0.2) is 0 Å². The van der Waals surface area contributed by atoms with Gasteiger partial charge >= 0.3 is 5.97 Å². The predicted octanol–water partition coefficient (Wildman–Crippen LogP) is 2.72. The average molecular weight is 374 g/mol. The Balaban J connectivity index is 1.69. The van der Waals surface area contributed by atoms with Gasteiger partial charge in [-0.1, -0.05) is 46.3 Å². The molecule has 0 radical (unpaired) electrons. The van der Waals surface area contributed by atoms with Gasteiger partial charge < -0.3 is 4.74 Å². The maximum absolute atomic E-state index is 12.0. The molecular formula is C17H12BrNO4. The standard InChI is InChI=1S/C17H12BrNO4/c18-12-6-7-14-13(8-12)16(21)17(22)19(14)9-15(20)23-10-11-4-2-1-3-5-11/h1-8H,9-10H2. The molecule has 5 nitrogen and oxygen atoms in total. The normalized spacial score (nSPS) is 13.2. The summed E-state index contributed by atoms with van der Waals surface area (Å²) in [5.41, 5.74) is 1.58. The Bertz CT molecular complexity index is 788. The smallest absolute Gasteiger partial charge is 0.326 e. The molecule has 0 fully saturated rings. The van der Waals surface area contributed by atoms with E-state index < -0.39 is 17.7 Å². The molecule has 0 aliphatic carbocycles. The van der Waals surface area contributed by atoms with Crippen molar-refractivity contribution in [2.45, 2.75) is 6.61 Å². The molecule has 1 aliphatic heterocycles. The van der Waals surface area contributed by atoms with Crippen LogP contribution in [-0.2, 0) is 20.9 Å². The second-order valence-electron chi connectivity index (χ2n) is 5.03. The summed E-state index contributed by atoms with van der Waals surface area (Å²) < 4.78 is 5.86. The van der Waals surface area contributed by atoms with Crippen LogP contribution in [0.15, 0.2) is 53.0 Å². The minimum Gasteiger partial charge on any atom is -0.459 e. The number of halogens is 1. The van der Waals surface area contributed by atoms with Gasteiger partial charge in [0, 0.05) is 4.47 Å². The number of carbonyl (C=O) groups excluding carboxylic acids is 3. The van der Waals surface area contributed by atoms with E-state index in [1.807, 2.05) is 30.3 Å². The number of ketones is 1. The second kappa shape index (κ2) is 6.34. The zero-order chi connectivity index (χ0) is 16.4. The summed E-state index contributed by atoms with van der Waals surface area (Å²) in [6.07, 6.45) is 0. The van der Waals surface area contributed by atoms with E-state index in [2.05, 4.69) is 15.9 Å². The topological polar surface area (TPSA) is 63.7 Å². The van der Waals surface area contributed by atoms with Crippen molar-refractivity contribution in [2.24, 2.45) is 0 Å². The highest BCUT2D eigenvalue weighted by atomic mass is 79.9. The number of anilines is 1. The fourth-order valence-electron chi connectivity index (χ4n) is 2.34. The average Bonchev–Trinajstić information content (AvgIpc) is 2.79. The van der Waals surface area contributed by atoms with Gasteiger partial charge in [0.05, 0.1) is 11.3 Å². The van der Waals surface area contributed by atoms with Crippen LogP contribution < -0.4 is 4.90 Å². The molecule has 2 aromatic carbocycles.